The van der Waals surface area contributed by atoms with Crippen LogP contribution in [0.5, 0.6) is 0 Å². The summed E-state index contributed by atoms with van der Waals surface area (Å²) in [5.41, 5.74) is 0. The fourth-order valence-corrected chi connectivity index (χ4v) is 2.92. The molecule has 2 N–H and O–H groups in total. The standard InChI is InChI=1S/C16H25N5O2S.HI/c1-5-22-12(3)15-20-14(23-21-15)10-19-16(17-4)18-9-11(2)13-7-6-8-24-13;/h6-8,11-12H,5,9-10H2,1-4H3,(H2,17,18,19);1H. The van der Waals surface area contributed by atoms with E-state index in [1.54, 1.807) is 18.4 Å². The van der Waals surface area contributed by atoms with Crippen molar-refractivity contribution in [2.24, 2.45) is 4.99 Å². The summed E-state index contributed by atoms with van der Waals surface area (Å²) in [7, 11) is 1.74. The Morgan fingerprint density at radius 3 is 2.84 bits per heavy atom. The fourth-order valence-electron chi connectivity index (χ4n) is 2.13. The number of halogens is 1. The maximum atomic E-state index is 5.45. The summed E-state index contributed by atoms with van der Waals surface area (Å²) in [5, 5.41) is 12.5. The molecule has 9 heteroatoms. The summed E-state index contributed by atoms with van der Waals surface area (Å²) < 4.78 is 10.7. The van der Waals surface area contributed by atoms with Gasteiger partial charge in [0.2, 0.25) is 5.89 Å². The second kappa shape index (κ2) is 11.4. The van der Waals surface area contributed by atoms with Crippen LogP contribution in [0.2, 0.25) is 0 Å². The zero-order valence-corrected chi connectivity index (χ0v) is 18.1. The number of aromatic nitrogens is 2. The van der Waals surface area contributed by atoms with Crippen LogP contribution in [0.25, 0.3) is 0 Å². The van der Waals surface area contributed by atoms with Gasteiger partial charge in [0.15, 0.2) is 11.8 Å². The van der Waals surface area contributed by atoms with Gasteiger partial charge in [0.05, 0.1) is 6.54 Å². The number of rotatable bonds is 8. The average molecular weight is 479 g/mol. The van der Waals surface area contributed by atoms with Gasteiger partial charge in [0.25, 0.3) is 0 Å². The highest BCUT2D eigenvalue weighted by molar-refractivity contribution is 14.0. The lowest BCUT2D eigenvalue weighted by molar-refractivity contribution is 0.0683. The summed E-state index contributed by atoms with van der Waals surface area (Å²) in [6.45, 7) is 7.85. The SMILES string of the molecule is CCOC(C)c1noc(CNC(=NC)NCC(C)c2cccs2)n1.I. The van der Waals surface area contributed by atoms with Crippen LogP contribution >= 0.6 is 35.3 Å². The topological polar surface area (TPSA) is 84.6 Å². The van der Waals surface area contributed by atoms with Gasteiger partial charge < -0.3 is 19.9 Å². The predicted molar refractivity (Wildman–Crippen MR) is 111 cm³/mol. The maximum Gasteiger partial charge on any atom is 0.246 e. The lowest BCUT2D eigenvalue weighted by Crippen LogP contribution is -2.38. The van der Waals surface area contributed by atoms with Crippen LogP contribution in [0.15, 0.2) is 27.0 Å². The first-order valence-corrected chi connectivity index (χ1v) is 8.94. The average Bonchev–Trinajstić information content (AvgIpc) is 3.27. The Morgan fingerprint density at radius 1 is 1.40 bits per heavy atom. The summed E-state index contributed by atoms with van der Waals surface area (Å²) in [6, 6.07) is 4.21. The van der Waals surface area contributed by atoms with Gasteiger partial charge in [-0.05, 0) is 25.3 Å². The lowest BCUT2D eigenvalue weighted by atomic mass is 10.1. The van der Waals surface area contributed by atoms with Crippen LogP contribution < -0.4 is 10.6 Å². The summed E-state index contributed by atoms with van der Waals surface area (Å²) in [5.74, 6) is 2.19. The molecule has 2 aromatic rings. The summed E-state index contributed by atoms with van der Waals surface area (Å²) in [6.07, 6.45) is -0.170. The Labute approximate surface area is 169 Å². The number of guanidine groups is 1. The molecule has 2 aromatic heterocycles. The van der Waals surface area contributed by atoms with E-state index in [9.17, 15) is 0 Å². The largest absolute Gasteiger partial charge is 0.371 e. The van der Waals surface area contributed by atoms with Crippen LogP contribution in [0.3, 0.4) is 0 Å². The Kier molecular flexibility index (Phi) is 9.98. The smallest absolute Gasteiger partial charge is 0.246 e. The zero-order valence-electron chi connectivity index (χ0n) is 15.0. The van der Waals surface area contributed by atoms with E-state index in [2.05, 4.69) is 50.2 Å². The van der Waals surface area contributed by atoms with Crippen LogP contribution in [-0.2, 0) is 11.3 Å². The van der Waals surface area contributed by atoms with Gasteiger partial charge in [-0.25, -0.2) is 0 Å². The van der Waals surface area contributed by atoms with Gasteiger partial charge in [0, 0.05) is 31.0 Å². The van der Waals surface area contributed by atoms with Crippen molar-refractivity contribution in [2.45, 2.75) is 39.3 Å². The summed E-state index contributed by atoms with van der Waals surface area (Å²) in [4.78, 5) is 9.89. The molecule has 7 nitrogen and oxygen atoms in total. The second-order valence-electron chi connectivity index (χ2n) is 5.37. The third kappa shape index (κ3) is 6.90. The normalized spacial score (nSPS) is 13.8. The highest BCUT2D eigenvalue weighted by Gasteiger charge is 2.14. The molecule has 0 fully saturated rings. The zero-order chi connectivity index (χ0) is 17.4. The molecule has 0 aliphatic rings. The highest BCUT2D eigenvalue weighted by Crippen LogP contribution is 2.19. The van der Waals surface area contributed by atoms with E-state index in [-0.39, 0.29) is 30.1 Å². The minimum Gasteiger partial charge on any atom is -0.371 e. The number of nitrogens with one attached hydrogen (secondary N) is 2. The number of hydrogen-bond acceptors (Lipinski definition) is 6. The number of thiophene rings is 1. The van der Waals surface area contributed by atoms with Gasteiger partial charge in [-0.15, -0.1) is 35.3 Å². The molecule has 25 heavy (non-hydrogen) atoms. The second-order valence-corrected chi connectivity index (χ2v) is 6.35. The van der Waals surface area contributed by atoms with E-state index in [0.717, 1.165) is 6.54 Å². The number of nitrogens with zero attached hydrogens (tertiary/aromatic N) is 3. The molecule has 2 unspecified atom stereocenters. The third-order valence-electron chi connectivity index (χ3n) is 3.50. The predicted octanol–water partition coefficient (Wildman–Crippen LogP) is 3.32. The van der Waals surface area contributed by atoms with Crippen molar-refractivity contribution in [1.29, 1.82) is 0 Å². The van der Waals surface area contributed by atoms with E-state index >= 15 is 0 Å². The quantitative estimate of drug-likeness (QED) is 0.344. The third-order valence-corrected chi connectivity index (χ3v) is 4.60. The van der Waals surface area contributed by atoms with Gasteiger partial charge >= 0.3 is 0 Å². The number of hydrogen-bond donors (Lipinski definition) is 2. The van der Waals surface area contributed by atoms with Crippen LogP contribution in [0.4, 0.5) is 0 Å². The van der Waals surface area contributed by atoms with Crippen molar-refractivity contribution in [2.75, 3.05) is 20.2 Å². The van der Waals surface area contributed by atoms with Gasteiger partial charge in [-0.2, -0.15) is 4.98 Å². The van der Waals surface area contributed by atoms with Crippen LogP contribution in [0.1, 0.15) is 49.4 Å². The van der Waals surface area contributed by atoms with Crippen LogP contribution in [-0.4, -0.2) is 36.3 Å². The molecule has 0 aromatic carbocycles. The highest BCUT2D eigenvalue weighted by atomic mass is 127. The molecule has 2 heterocycles. The molecule has 2 atom stereocenters. The number of ether oxygens (including phenoxy) is 1. The molecule has 2 rings (SSSR count). The van der Waals surface area contributed by atoms with Crippen molar-refractivity contribution >= 4 is 41.3 Å². The van der Waals surface area contributed by atoms with Gasteiger partial charge in [-0.3, -0.25) is 4.99 Å². The molecule has 0 radical (unpaired) electrons. The molecule has 140 valence electrons. The first kappa shape index (κ1) is 21.8. The van der Waals surface area contributed by atoms with Crippen molar-refractivity contribution in [3.8, 4) is 0 Å². The number of aliphatic imine (C=N–C) groups is 1. The van der Waals surface area contributed by atoms with Crippen LogP contribution in [0, 0.1) is 0 Å². The molecule has 0 aliphatic carbocycles. The first-order valence-electron chi connectivity index (χ1n) is 8.06. The molecule has 0 bridgehead atoms. The molecule has 0 amide bonds. The molecule has 0 saturated heterocycles. The Bertz CT molecular complexity index is 632. The van der Waals surface area contributed by atoms with E-state index < -0.39 is 0 Å². The first-order chi connectivity index (χ1) is 11.6. The molecular weight excluding hydrogens is 453 g/mol. The molecule has 0 spiro atoms. The van der Waals surface area contributed by atoms with Gasteiger partial charge in [0.1, 0.15) is 6.10 Å². The molecule has 0 saturated carbocycles. The van der Waals surface area contributed by atoms with Crippen molar-refractivity contribution in [1.82, 2.24) is 20.8 Å². The Morgan fingerprint density at radius 2 is 2.20 bits per heavy atom. The molecule has 0 aliphatic heterocycles. The molecular formula is C16H26IN5O2S. The van der Waals surface area contributed by atoms with Gasteiger partial charge in [-0.1, -0.05) is 18.1 Å². The van der Waals surface area contributed by atoms with E-state index in [4.69, 9.17) is 9.26 Å². The Hall–Kier alpha value is -1.20. The lowest BCUT2D eigenvalue weighted by Gasteiger charge is -2.14. The monoisotopic (exact) mass is 479 g/mol. The maximum absolute atomic E-state index is 5.45. The summed E-state index contributed by atoms with van der Waals surface area (Å²) >= 11 is 1.76. The van der Waals surface area contributed by atoms with Crippen molar-refractivity contribution in [3.63, 3.8) is 0 Å². The van der Waals surface area contributed by atoms with E-state index in [0.29, 0.717) is 36.7 Å². The van der Waals surface area contributed by atoms with E-state index in [1.807, 2.05) is 13.8 Å². The fraction of sp³-hybridized carbons (Fsp3) is 0.562. The Balaban J connectivity index is 0.00000312. The van der Waals surface area contributed by atoms with Crippen molar-refractivity contribution < 1.29 is 9.26 Å². The minimum absolute atomic E-state index is 0. The van der Waals surface area contributed by atoms with Crippen molar-refractivity contribution in [3.05, 3.63) is 34.1 Å². The van der Waals surface area contributed by atoms with E-state index in [1.165, 1.54) is 4.88 Å². The minimum atomic E-state index is -0.170.